The molecule has 0 radical (unpaired) electrons. The molecule has 0 aliphatic rings. The zero-order valence-electron chi connectivity index (χ0n) is 14.8. The number of nitrogen functional groups attached to an aromatic ring is 1. The number of hydrogen-bond acceptors (Lipinski definition) is 6. The van der Waals surface area contributed by atoms with Crippen LogP contribution in [0, 0.1) is 0 Å². The van der Waals surface area contributed by atoms with E-state index in [0.717, 1.165) is 10.0 Å². The van der Waals surface area contributed by atoms with E-state index in [-0.39, 0.29) is 17.6 Å². The number of anilines is 1. The molecule has 0 fully saturated rings. The second kappa shape index (κ2) is 8.89. The lowest BCUT2D eigenvalue weighted by molar-refractivity contribution is -0.113. The molecule has 0 saturated heterocycles. The van der Waals surface area contributed by atoms with Crippen LogP contribution in [0.25, 0.3) is 11.4 Å². The Bertz CT molecular complexity index is 1010. The summed E-state index contributed by atoms with van der Waals surface area (Å²) < 4.78 is 2.21. The van der Waals surface area contributed by atoms with Crippen molar-refractivity contribution in [3.05, 3.63) is 58.6 Å². The Labute approximate surface area is 174 Å². The van der Waals surface area contributed by atoms with Gasteiger partial charge in [0.25, 0.3) is 5.91 Å². The number of aromatic nitrogens is 3. The number of carbonyl (C=O) groups excluding carboxylic acids is 2. The van der Waals surface area contributed by atoms with E-state index in [0.29, 0.717) is 22.2 Å². The Hall–Kier alpha value is -2.85. The Morgan fingerprint density at radius 3 is 2.54 bits per heavy atom. The van der Waals surface area contributed by atoms with Crippen molar-refractivity contribution in [2.24, 2.45) is 0 Å². The maximum atomic E-state index is 12.2. The Balaban J connectivity index is 1.61. The van der Waals surface area contributed by atoms with E-state index in [2.05, 4.69) is 36.8 Å². The number of carbonyl (C=O) groups is 2. The molecule has 1 aromatic heterocycles. The molecule has 0 unspecified atom stereocenters. The Morgan fingerprint density at radius 2 is 1.86 bits per heavy atom. The van der Waals surface area contributed by atoms with Crippen molar-refractivity contribution in [2.45, 2.75) is 5.16 Å². The zero-order chi connectivity index (χ0) is 20.1. The van der Waals surface area contributed by atoms with Crippen molar-refractivity contribution < 1.29 is 9.59 Å². The number of halogens is 1. The van der Waals surface area contributed by atoms with E-state index in [4.69, 9.17) is 5.84 Å². The topological polar surface area (TPSA) is 115 Å². The number of thioether (sulfide) groups is 1. The third kappa shape index (κ3) is 4.52. The maximum Gasteiger partial charge on any atom is 0.251 e. The zero-order valence-corrected chi connectivity index (χ0v) is 17.3. The van der Waals surface area contributed by atoms with E-state index < -0.39 is 0 Å². The number of nitrogens with one attached hydrogen (secondary N) is 2. The monoisotopic (exact) mass is 460 g/mol. The lowest BCUT2D eigenvalue weighted by Gasteiger charge is -2.07. The molecular formula is C18H17BrN6O2S. The van der Waals surface area contributed by atoms with Gasteiger partial charge in [-0.3, -0.25) is 9.59 Å². The van der Waals surface area contributed by atoms with Crippen LogP contribution in [0.5, 0.6) is 0 Å². The molecule has 10 heteroatoms. The molecule has 3 aromatic rings. The Kier molecular flexibility index (Phi) is 6.32. The van der Waals surface area contributed by atoms with Crippen molar-refractivity contribution in [1.82, 2.24) is 20.2 Å². The molecule has 28 heavy (non-hydrogen) atoms. The third-order valence-corrected chi connectivity index (χ3v) is 5.40. The first-order valence-electron chi connectivity index (χ1n) is 8.19. The summed E-state index contributed by atoms with van der Waals surface area (Å²) in [5.74, 6) is 6.29. The predicted molar refractivity (Wildman–Crippen MR) is 112 cm³/mol. The number of nitrogens with zero attached hydrogens (tertiary/aromatic N) is 3. The molecule has 1 heterocycles. The summed E-state index contributed by atoms with van der Waals surface area (Å²) >= 11 is 4.64. The highest BCUT2D eigenvalue weighted by Gasteiger charge is 2.15. The summed E-state index contributed by atoms with van der Waals surface area (Å²) in [5.41, 5.74) is 1.93. The average molecular weight is 461 g/mol. The lowest BCUT2D eigenvalue weighted by Crippen LogP contribution is -2.18. The summed E-state index contributed by atoms with van der Waals surface area (Å²) in [5, 5.41) is 13.9. The Morgan fingerprint density at radius 1 is 1.14 bits per heavy atom. The first-order valence-corrected chi connectivity index (χ1v) is 9.97. The number of amides is 2. The molecule has 0 saturated carbocycles. The standard InChI is InChI=1S/C18H17BrN6O2S/c1-21-17(27)11-6-8-12(9-7-11)22-15(26)10-28-18-24-23-16(25(18)20)13-4-2-3-5-14(13)19/h2-9H,10,20H2,1H3,(H,21,27)(H,22,26). The minimum Gasteiger partial charge on any atom is -0.355 e. The third-order valence-electron chi connectivity index (χ3n) is 3.77. The smallest absolute Gasteiger partial charge is 0.251 e. The van der Waals surface area contributed by atoms with Crippen LogP contribution in [0.2, 0.25) is 0 Å². The molecule has 4 N–H and O–H groups in total. The summed E-state index contributed by atoms with van der Waals surface area (Å²) in [4.78, 5) is 23.7. The van der Waals surface area contributed by atoms with Crippen molar-refractivity contribution in [2.75, 3.05) is 24.0 Å². The van der Waals surface area contributed by atoms with E-state index in [1.165, 1.54) is 16.4 Å². The summed E-state index contributed by atoms with van der Waals surface area (Å²) in [6.45, 7) is 0. The van der Waals surface area contributed by atoms with Crippen LogP contribution in [0.15, 0.2) is 58.2 Å². The maximum absolute atomic E-state index is 12.2. The summed E-state index contributed by atoms with van der Waals surface area (Å²) in [7, 11) is 1.56. The minimum atomic E-state index is -0.219. The number of hydrogen-bond donors (Lipinski definition) is 3. The highest BCUT2D eigenvalue weighted by molar-refractivity contribution is 9.10. The van der Waals surface area contributed by atoms with Gasteiger partial charge in [-0.05, 0) is 36.4 Å². The first kappa shape index (κ1) is 19.9. The van der Waals surface area contributed by atoms with Gasteiger partial charge in [0.1, 0.15) is 0 Å². The van der Waals surface area contributed by atoms with Crippen molar-refractivity contribution >= 4 is 45.2 Å². The molecular weight excluding hydrogens is 444 g/mol. The molecule has 0 atom stereocenters. The molecule has 0 aliphatic carbocycles. The van der Waals surface area contributed by atoms with E-state index in [1.807, 2.05) is 24.3 Å². The molecule has 144 valence electrons. The fraction of sp³-hybridized carbons (Fsp3) is 0.111. The average Bonchev–Trinajstić information content (AvgIpc) is 3.07. The van der Waals surface area contributed by atoms with Crippen molar-refractivity contribution in [3.8, 4) is 11.4 Å². The highest BCUT2D eigenvalue weighted by atomic mass is 79.9. The van der Waals surface area contributed by atoms with Gasteiger partial charge < -0.3 is 16.5 Å². The largest absolute Gasteiger partial charge is 0.355 e. The molecule has 2 aromatic carbocycles. The van der Waals surface area contributed by atoms with Crippen LogP contribution in [0.1, 0.15) is 10.4 Å². The molecule has 8 nitrogen and oxygen atoms in total. The number of benzene rings is 2. The fourth-order valence-electron chi connectivity index (χ4n) is 2.38. The SMILES string of the molecule is CNC(=O)c1ccc(NC(=O)CSc2nnc(-c3ccccc3Br)n2N)cc1. The van der Waals surface area contributed by atoms with Gasteiger partial charge in [0, 0.05) is 28.3 Å². The quantitative estimate of drug-likeness (QED) is 0.384. The van der Waals surface area contributed by atoms with Crippen molar-refractivity contribution in [1.29, 1.82) is 0 Å². The van der Waals surface area contributed by atoms with E-state index >= 15 is 0 Å². The molecule has 3 rings (SSSR count). The fourth-order valence-corrected chi connectivity index (χ4v) is 3.50. The predicted octanol–water partition coefficient (Wildman–Crippen LogP) is 2.51. The van der Waals surface area contributed by atoms with Gasteiger partial charge in [0.2, 0.25) is 11.1 Å². The lowest BCUT2D eigenvalue weighted by atomic mass is 10.2. The first-order chi connectivity index (χ1) is 13.5. The van der Waals surface area contributed by atoms with Gasteiger partial charge >= 0.3 is 0 Å². The van der Waals surface area contributed by atoms with E-state index in [1.54, 1.807) is 31.3 Å². The van der Waals surface area contributed by atoms with Gasteiger partial charge in [-0.25, -0.2) is 4.68 Å². The molecule has 0 bridgehead atoms. The van der Waals surface area contributed by atoms with Crippen molar-refractivity contribution in [3.63, 3.8) is 0 Å². The minimum absolute atomic E-state index is 0.114. The number of rotatable bonds is 6. The van der Waals surface area contributed by atoms with Crippen LogP contribution in [0.3, 0.4) is 0 Å². The van der Waals surface area contributed by atoms with E-state index in [9.17, 15) is 9.59 Å². The highest BCUT2D eigenvalue weighted by Crippen LogP contribution is 2.27. The van der Waals surface area contributed by atoms with Crippen LogP contribution in [-0.2, 0) is 4.79 Å². The molecule has 0 spiro atoms. The second-order valence-corrected chi connectivity index (χ2v) is 7.45. The number of nitrogens with two attached hydrogens (primary N) is 1. The van der Waals surface area contributed by atoms with Gasteiger partial charge in [0.15, 0.2) is 5.82 Å². The second-order valence-electron chi connectivity index (χ2n) is 5.65. The van der Waals surface area contributed by atoms with Crippen LogP contribution in [-0.4, -0.2) is 39.5 Å². The van der Waals surface area contributed by atoms with Gasteiger partial charge in [-0.2, -0.15) is 0 Å². The molecule has 0 aliphatic heterocycles. The van der Waals surface area contributed by atoms with Gasteiger partial charge in [-0.1, -0.05) is 39.8 Å². The van der Waals surface area contributed by atoms with Crippen LogP contribution in [0.4, 0.5) is 5.69 Å². The van der Waals surface area contributed by atoms with Gasteiger partial charge in [-0.15, -0.1) is 10.2 Å². The molecule has 2 amide bonds. The van der Waals surface area contributed by atoms with Crippen LogP contribution >= 0.6 is 27.7 Å². The van der Waals surface area contributed by atoms with Crippen LogP contribution < -0.4 is 16.5 Å². The summed E-state index contributed by atoms with van der Waals surface area (Å²) in [6, 6.07) is 14.2. The van der Waals surface area contributed by atoms with Gasteiger partial charge in [0.05, 0.1) is 5.75 Å². The normalized spacial score (nSPS) is 10.5. The summed E-state index contributed by atoms with van der Waals surface area (Å²) in [6.07, 6.45) is 0.